The minimum Gasteiger partial charge on any atom is -0.480 e. The summed E-state index contributed by atoms with van der Waals surface area (Å²) < 4.78 is 6.13. The van der Waals surface area contributed by atoms with Gasteiger partial charge in [0.1, 0.15) is 11.9 Å². The van der Waals surface area contributed by atoms with Crippen LogP contribution in [0.5, 0.6) is 5.75 Å². The molecule has 0 amide bonds. The molecule has 3 rings (SSSR count). The second-order valence-corrected chi connectivity index (χ2v) is 5.12. The number of hydrogen-bond acceptors (Lipinski definition) is 1. The molecule has 0 aliphatic rings. The van der Waals surface area contributed by atoms with Crippen molar-refractivity contribution in [3.05, 3.63) is 101 Å². The van der Waals surface area contributed by atoms with Gasteiger partial charge in [0.05, 0.1) is 0 Å². The smallest absolute Gasteiger partial charge is 0.149 e. The van der Waals surface area contributed by atoms with Gasteiger partial charge in [-0.15, -0.1) is 0 Å². The van der Waals surface area contributed by atoms with E-state index >= 15 is 0 Å². The summed E-state index contributed by atoms with van der Waals surface area (Å²) in [5.41, 5.74) is 2.15. The first kappa shape index (κ1) is 13.7. The maximum Gasteiger partial charge on any atom is 0.149 e. The van der Waals surface area contributed by atoms with E-state index in [1.165, 1.54) is 0 Å². The fourth-order valence-electron chi connectivity index (χ4n) is 2.17. The Kier molecular flexibility index (Phi) is 4.23. The first-order valence-electron chi connectivity index (χ1n) is 6.77. The van der Waals surface area contributed by atoms with Gasteiger partial charge in [-0.3, -0.25) is 0 Å². The van der Waals surface area contributed by atoms with E-state index in [0.29, 0.717) is 0 Å². The van der Waals surface area contributed by atoms with Crippen molar-refractivity contribution in [2.45, 2.75) is 6.10 Å². The quantitative estimate of drug-likeness (QED) is 0.633. The topological polar surface area (TPSA) is 9.23 Å². The Balaban J connectivity index is 1.97. The van der Waals surface area contributed by atoms with Crippen LogP contribution in [0.1, 0.15) is 17.2 Å². The minimum atomic E-state index is -0.179. The van der Waals surface area contributed by atoms with Crippen molar-refractivity contribution >= 4 is 11.6 Å². The van der Waals surface area contributed by atoms with E-state index in [-0.39, 0.29) is 6.10 Å². The molecular weight excluding hydrogens is 280 g/mol. The highest BCUT2D eigenvalue weighted by Crippen LogP contribution is 2.28. The summed E-state index contributed by atoms with van der Waals surface area (Å²) in [6, 6.07) is 28.6. The van der Waals surface area contributed by atoms with Crippen LogP contribution in [0.2, 0.25) is 5.02 Å². The van der Waals surface area contributed by atoms with Gasteiger partial charge in [-0.2, -0.15) is 0 Å². The molecule has 21 heavy (non-hydrogen) atoms. The molecule has 3 aromatic carbocycles. The Morgan fingerprint density at radius 3 is 2.10 bits per heavy atom. The van der Waals surface area contributed by atoms with Gasteiger partial charge in [0.15, 0.2) is 0 Å². The summed E-state index contributed by atoms with van der Waals surface area (Å²) in [6.45, 7) is 0. The zero-order valence-corrected chi connectivity index (χ0v) is 12.1. The molecule has 0 aliphatic heterocycles. The van der Waals surface area contributed by atoms with Crippen LogP contribution in [0, 0.1) is 6.07 Å². The van der Waals surface area contributed by atoms with Crippen LogP contribution >= 0.6 is 11.6 Å². The van der Waals surface area contributed by atoms with Crippen LogP contribution < -0.4 is 4.74 Å². The number of para-hydroxylation sites is 1. The molecule has 0 N–H and O–H groups in total. The first-order chi connectivity index (χ1) is 10.3. The van der Waals surface area contributed by atoms with E-state index in [9.17, 15) is 0 Å². The molecule has 0 aliphatic carbocycles. The number of halogens is 1. The highest BCUT2D eigenvalue weighted by Gasteiger charge is 2.15. The SMILES string of the molecule is Clc1ccc(C(Oc2[c]cccc2)c2ccccc2)cc1. The largest absolute Gasteiger partial charge is 0.480 e. The fraction of sp³-hybridized carbons (Fsp3) is 0.0526. The third kappa shape index (κ3) is 3.45. The van der Waals surface area contributed by atoms with E-state index in [4.69, 9.17) is 16.3 Å². The number of hydrogen-bond donors (Lipinski definition) is 0. The number of rotatable bonds is 4. The van der Waals surface area contributed by atoms with Crippen molar-refractivity contribution < 1.29 is 4.74 Å². The second-order valence-electron chi connectivity index (χ2n) is 4.69. The molecular formula is C19H14ClO. The predicted molar refractivity (Wildman–Crippen MR) is 85.6 cm³/mol. The highest BCUT2D eigenvalue weighted by atomic mass is 35.5. The van der Waals surface area contributed by atoms with Gasteiger partial charge in [0.25, 0.3) is 0 Å². The van der Waals surface area contributed by atoms with Crippen LogP contribution in [0.3, 0.4) is 0 Å². The average molecular weight is 294 g/mol. The van der Waals surface area contributed by atoms with Gasteiger partial charge in [-0.25, -0.2) is 0 Å². The molecule has 2 heteroatoms. The molecule has 0 saturated heterocycles. The molecule has 1 unspecified atom stereocenters. The summed E-state index contributed by atoms with van der Waals surface area (Å²) in [5.74, 6) is 0.723. The molecule has 1 radical (unpaired) electrons. The van der Waals surface area contributed by atoms with Crippen molar-refractivity contribution in [3.8, 4) is 5.75 Å². The normalized spacial score (nSPS) is 11.9. The van der Waals surface area contributed by atoms with Crippen molar-refractivity contribution in [2.24, 2.45) is 0 Å². The monoisotopic (exact) mass is 293 g/mol. The number of benzene rings is 3. The van der Waals surface area contributed by atoms with E-state index in [0.717, 1.165) is 21.9 Å². The van der Waals surface area contributed by atoms with Gasteiger partial charge in [-0.05, 0) is 29.3 Å². The van der Waals surface area contributed by atoms with Crippen molar-refractivity contribution in [1.82, 2.24) is 0 Å². The average Bonchev–Trinajstić information content (AvgIpc) is 2.55. The molecule has 0 saturated carbocycles. The Hall–Kier alpha value is -2.25. The van der Waals surface area contributed by atoms with E-state index < -0.39 is 0 Å². The standard InChI is InChI=1S/C19H14ClO/c20-17-13-11-16(12-14-17)19(15-7-3-1-4-8-15)21-18-9-5-2-6-10-18/h1-9,11-14,19H. The molecule has 0 bridgehead atoms. The van der Waals surface area contributed by atoms with Crippen molar-refractivity contribution in [3.63, 3.8) is 0 Å². The summed E-state index contributed by atoms with van der Waals surface area (Å²) in [4.78, 5) is 0. The lowest BCUT2D eigenvalue weighted by atomic mass is 10.0. The zero-order valence-electron chi connectivity index (χ0n) is 11.4. The van der Waals surface area contributed by atoms with Crippen LogP contribution in [-0.2, 0) is 0 Å². The summed E-state index contributed by atoms with van der Waals surface area (Å²) >= 11 is 5.98. The van der Waals surface area contributed by atoms with Gasteiger partial charge in [0.2, 0.25) is 0 Å². The van der Waals surface area contributed by atoms with Crippen molar-refractivity contribution in [2.75, 3.05) is 0 Å². The Bertz CT molecular complexity index is 678. The molecule has 0 spiro atoms. The lowest BCUT2D eigenvalue weighted by Gasteiger charge is -2.20. The van der Waals surface area contributed by atoms with E-state index in [1.54, 1.807) is 0 Å². The molecule has 3 aromatic rings. The van der Waals surface area contributed by atoms with Gasteiger partial charge in [0, 0.05) is 11.1 Å². The Labute approximate surface area is 129 Å². The van der Waals surface area contributed by atoms with Crippen molar-refractivity contribution in [1.29, 1.82) is 0 Å². The van der Waals surface area contributed by atoms with Crippen LogP contribution in [0.4, 0.5) is 0 Å². The highest BCUT2D eigenvalue weighted by molar-refractivity contribution is 6.30. The molecule has 103 valence electrons. The predicted octanol–water partition coefficient (Wildman–Crippen LogP) is 5.31. The Morgan fingerprint density at radius 1 is 0.762 bits per heavy atom. The van der Waals surface area contributed by atoms with Crippen LogP contribution in [0.25, 0.3) is 0 Å². The van der Waals surface area contributed by atoms with Gasteiger partial charge < -0.3 is 4.74 Å². The van der Waals surface area contributed by atoms with Gasteiger partial charge in [-0.1, -0.05) is 72.3 Å². The first-order valence-corrected chi connectivity index (χ1v) is 7.14. The lowest BCUT2D eigenvalue weighted by Crippen LogP contribution is -2.09. The Morgan fingerprint density at radius 2 is 1.43 bits per heavy atom. The summed E-state index contributed by atoms with van der Waals surface area (Å²) in [6.07, 6.45) is -0.179. The molecule has 1 atom stereocenters. The number of ether oxygens (including phenoxy) is 1. The van der Waals surface area contributed by atoms with Crippen LogP contribution in [0.15, 0.2) is 78.9 Å². The molecule has 0 aromatic heterocycles. The second kappa shape index (κ2) is 6.47. The summed E-state index contributed by atoms with van der Waals surface area (Å²) in [7, 11) is 0. The minimum absolute atomic E-state index is 0.179. The van der Waals surface area contributed by atoms with Gasteiger partial charge >= 0.3 is 0 Å². The third-order valence-corrected chi connectivity index (χ3v) is 3.45. The maximum absolute atomic E-state index is 6.13. The fourth-order valence-corrected chi connectivity index (χ4v) is 2.30. The van der Waals surface area contributed by atoms with Crippen LogP contribution in [-0.4, -0.2) is 0 Å². The zero-order chi connectivity index (χ0) is 14.5. The summed E-state index contributed by atoms with van der Waals surface area (Å²) in [5, 5.41) is 0.719. The molecule has 0 fully saturated rings. The molecule has 0 heterocycles. The maximum atomic E-state index is 6.13. The third-order valence-electron chi connectivity index (χ3n) is 3.20. The van der Waals surface area contributed by atoms with E-state index in [2.05, 4.69) is 18.2 Å². The van der Waals surface area contributed by atoms with E-state index in [1.807, 2.05) is 66.7 Å². The lowest BCUT2D eigenvalue weighted by molar-refractivity contribution is 0.247. The molecule has 1 nitrogen and oxygen atoms in total.